The summed E-state index contributed by atoms with van der Waals surface area (Å²) in [5.74, 6) is -1.13. The van der Waals surface area contributed by atoms with Gasteiger partial charge in [0, 0.05) is 23.3 Å². The van der Waals surface area contributed by atoms with Crippen LogP contribution >= 0.6 is 11.6 Å². The fraction of sp³-hybridized carbons (Fsp3) is 0.300. The number of carbonyl (C=O) groups is 2. The summed E-state index contributed by atoms with van der Waals surface area (Å²) < 4.78 is 0. The number of aromatic amines is 1. The van der Waals surface area contributed by atoms with Crippen LogP contribution in [0.5, 0.6) is 0 Å². The number of amides is 2. The molecule has 98 valence electrons. The molecule has 1 aromatic heterocycles. The fourth-order valence-corrected chi connectivity index (χ4v) is 1.27. The lowest BCUT2D eigenvalue weighted by Gasteiger charge is -2.14. The van der Waals surface area contributed by atoms with Crippen molar-refractivity contribution < 1.29 is 14.7 Å². The van der Waals surface area contributed by atoms with Crippen LogP contribution in [0.2, 0.25) is 0 Å². The summed E-state index contributed by atoms with van der Waals surface area (Å²) in [7, 11) is 0. The monoisotopic (exact) mass is 272 g/mol. The number of carboxylic acids is 1. The van der Waals surface area contributed by atoms with Crippen molar-refractivity contribution in [2.45, 2.75) is 12.5 Å². The molecule has 0 bridgehead atoms. The van der Waals surface area contributed by atoms with Crippen LogP contribution in [0.3, 0.4) is 0 Å². The van der Waals surface area contributed by atoms with Crippen LogP contribution in [-0.2, 0) is 11.2 Å². The zero-order valence-electron chi connectivity index (χ0n) is 9.44. The molecule has 0 aliphatic carbocycles. The van der Waals surface area contributed by atoms with Gasteiger partial charge in [-0.1, -0.05) is 18.2 Å². The Balaban J connectivity index is 2.50. The van der Waals surface area contributed by atoms with Crippen LogP contribution in [0.1, 0.15) is 5.69 Å². The SMILES string of the molecule is C=C(Cl)CNC(=O)NC(Cc1cnc[nH]1)C(=O)O. The van der Waals surface area contributed by atoms with E-state index < -0.39 is 18.0 Å². The maximum Gasteiger partial charge on any atom is 0.326 e. The summed E-state index contributed by atoms with van der Waals surface area (Å²) in [5.41, 5.74) is 0.615. The third-order valence-electron chi connectivity index (χ3n) is 2.02. The van der Waals surface area contributed by atoms with Crippen molar-refractivity contribution in [3.8, 4) is 0 Å². The van der Waals surface area contributed by atoms with Crippen LogP contribution < -0.4 is 10.6 Å². The Bertz CT molecular complexity index is 432. The summed E-state index contributed by atoms with van der Waals surface area (Å²) in [6.07, 6.45) is 3.05. The van der Waals surface area contributed by atoms with Gasteiger partial charge in [0.2, 0.25) is 0 Å². The normalized spacial score (nSPS) is 11.6. The smallest absolute Gasteiger partial charge is 0.326 e. The number of carbonyl (C=O) groups excluding carboxylic acids is 1. The van der Waals surface area contributed by atoms with E-state index in [-0.39, 0.29) is 18.0 Å². The molecule has 7 nitrogen and oxygen atoms in total. The Morgan fingerprint density at radius 1 is 1.61 bits per heavy atom. The number of H-pyrrole nitrogens is 1. The van der Waals surface area contributed by atoms with Gasteiger partial charge in [-0.25, -0.2) is 14.6 Å². The van der Waals surface area contributed by atoms with E-state index in [9.17, 15) is 9.59 Å². The largest absolute Gasteiger partial charge is 0.480 e. The number of aromatic nitrogens is 2. The molecular weight excluding hydrogens is 260 g/mol. The summed E-state index contributed by atoms with van der Waals surface area (Å²) in [6, 6.07) is -1.67. The molecule has 0 saturated carbocycles. The first-order valence-electron chi connectivity index (χ1n) is 5.06. The highest BCUT2D eigenvalue weighted by molar-refractivity contribution is 6.29. The molecule has 0 aliphatic heterocycles. The van der Waals surface area contributed by atoms with Crippen LogP contribution in [0.15, 0.2) is 24.1 Å². The summed E-state index contributed by atoms with van der Waals surface area (Å²) in [6.45, 7) is 3.47. The molecule has 1 atom stereocenters. The van der Waals surface area contributed by atoms with Gasteiger partial charge in [-0.3, -0.25) is 0 Å². The van der Waals surface area contributed by atoms with Crippen molar-refractivity contribution in [3.05, 3.63) is 29.8 Å². The van der Waals surface area contributed by atoms with Gasteiger partial charge in [0.1, 0.15) is 6.04 Å². The molecule has 2 amide bonds. The van der Waals surface area contributed by atoms with Gasteiger partial charge in [-0.05, 0) is 0 Å². The zero-order valence-corrected chi connectivity index (χ0v) is 10.2. The van der Waals surface area contributed by atoms with E-state index in [0.717, 1.165) is 0 Å². The molecule has 4 N–H and O–H groups in total. The van der Waals surface area contributed by atoms with E-state index in [1.165, 1.54) is 12.5 Å². The molecule has 0 aliphatic rings. The molecular formula is C10H13ClN4O3. The predicted octanol–water partition coefficient (Wildman–Crippen LogP) is 0.457. The van der Waals surface area contributed by atoms with E-state index in [4.69, 9.17) is 16.7 Å². The Morgan fingerprint density at radius 2 is 2.33 bits per heavy atom. The van der Waals surface area contributed by atoms with Crippen molar-refractivity contribution in [2.75, 3.05) is 6.54 Å². The lowest BCUT2D eigenvalue weighted by molar-refractivity contribution is -0.139. The van der Waals surface area contributed by atoms with E-state index in [2.05, 4.69) is 27.2 Å². The Morgan fingerprint density at radius 3 is 2.83 bits per heavy atom. The van der Waals surface area contributed by atoms with Crippen LogP contribution in [0.25, 0.3) is 0 Å². The second-order valence-electron chi connectivity index (χ2n) is 3.52. The molecule has 8 heteroatoms. The summed E-state index contributed by atoms with van der Waals surface area (Å²) in [4.78, 5) is 28.9. The van der Waals surface area contributed by atoms with Gasteiger partial charge in [-0.15, -0.1) is 0 Å². The van der Waals surface area contributed by atoms with Gasteiger partial charge in [-0.2, -0.15) is 0 Å². The van der Waals surface area contributed by atoms with Gasteiger partial charge < -0.3 is 20.7 Å². The third-order valence-corrected chi connectivity index (χ3v) is 2.16. The molecule has 1 rings (SSSR count). The topological polar surface area (TPSA) is 107 Å². The molecule has 0 radical (unpaired) electrons. The number of nitrogens with zero attached hydrogens (tertiary/aromatic N) is 1. The van der Waals surface area contributed by atoms with E-state index in [1.807, 2.05) is 0 Å². The second kappa shape index (κ2) is 6.65. The number of rotatable bonds is 6. The van der Waals surface area contributed by atoms with Crippen molar-refractivity contribution in [1.82, 2.24) is 20.6 Å². The first-order valence-corrected chi connectivity index (χ1v) is 5.44. The summed E-state index contributed by atoms with van der Waals surface area (Å²) >= 11 is 5.47. The average molecular weight is 273 g/mol. The highest BCUT2D eigenvalue weighted by Crippen LogP contribution is 1.99. The number of carboxylic acid groups (broad SMARTS) is 1. The Kier molecular flexibility index (Phi) is 5.19. The first-order chi connectivity index (χ1) is 8.49. The van der Waals surface area contributed by atoms with Crippen LogP contribution in [-0.4, -0.2) is 39.7 Å². The van der Waals surface area contributed by atoms with Crippen molar-refractivity contribution in [3.63, 3.8) is 0 Å². The van der Waals surface area contributed by atoms with E-state index >= 15 is 0 Å². The lowest BCUT2D eigenvalue weighted by atomic mass is 10.2. The lowest BCUT2D eigenvalue weighted by Crippen LogP contribution is -2.47. The Hall–Kier alpha value is -2.02. The van der Waals surface area contributed by atoms with Crippen LogP contribution in [0, 0.1) is 0 Å². The first kappa shape index (κ1) is 14.0. The molecule has 1 aromatic rings. The van der Waals surface area contributed by atoms with Gasteiger partial charge in [0.25, 0.3) is 0 Å². The predicted molar refractivity (Wildman–Crippen MR) is 65.2 cm³/mol. The quantitative estimate of drug-likeness (QED) is 0.603. The van der Waals surface area contributed by atoms with Crippen molar-refractivity contribution in [1.29, 1.82) is 0 Å². The maximum atomic E-state index is 11.4. The van der Waals surface area contributed by atoms with Crippen molar-refractivity contribution in [2.24, 2.45) is 0 Å². The third kappa shape index (κ3) is 4.88. The number of nitrogens with one attached hydrogen (secondary N) is 3. The standard InChI is InChI=1S/C10H13ClN4O3/c1-6(11)3-13-10(18)15-8(9(16)17)2-7-4-12-5-14-7/h4-5,8H,1-3H2,(H,12,14)(H,16,17)(H2,13,15,18). The van der Waals surface area contributed by atoms with Gasteiger partial charge >= 0.3 is 12.0 Å². The molecule has 1 unspecified atom stereocenters. The number of hydrogen-bond acceptors (Lipinski definition) is 3. The number of halogens is 1. The number of imidazole rings is 1. The zero-order chi connectivity index (χ0) is 13.5. The van der Waals surface area contributed by atoms with Gasteiger partial charge in [0.05, 0.1) is 12.9 Å². The van der Waals surface area contributed by atoms with E-state index in [1.54, 1.807) is 0 Å². The average Bonchev–Trinajstić information content (AvgIpc) is 2.78. The minimum absolute atomic E-state index is 0.0732. The highest BCUT2D eigenvalue weighted by Gasteiger charge is 2.20. The van der Waals surface area contributed by atoms with E-state index in [0.29, 0.717) is 5.69 Å². The minimum atomic E-state index is -1.13. The number of hydrogen-bond donors (Lipinski definition) is 4. The molecule has 0 spiro atoms. The highest BCUT2D eigenvalue weighted by atomic mass is 35.5. The number of urea groups is 1. The summed E-state index contributed by atoms with van der Waals surface area (Å²) in [5, 5.41) is 13.9. The molecule has 0 fully saturated rings. The maximum absolute atomic E-state index is 11.4. The second-order valence-corrected chi connectivity index (χ2v) is 4.05. The Labute approximate surface area is 108 Å². The number of aliphatic carboxylic acids is 1. The van der Waals surface area contributed by atoms with Crippen LogP contribution in [0.4, 0.5) is 4.79 Å². The molecule has 0 saturated heterocycles. The van der Waals surface area contributed by atoms with Gasteiger partial charge in [0.15, 0.2) is 0 Å². The molecule has 0 aromatic carbocycles. The van der Waals surface area contributed by atoms with Crippen molar-refractivity contribution >= 4 is 23.6 Å². The molecule has 1 heterocycles. The minimum Gasteiger partial charge on any atom is -0.480 e. The fourth-order valence-electron chi connectivity index (χ4n) is 1.20. The molecule has 18 heavy (non-hydrogen) atoms.